The van der Waals surface area contributed by atoms with Crippen molar-refractivity contribution in [3.63, 3.8) is 0 Å². The Morgan fingerprint density at radius 1 is 1.33 bits per heavy atom. The summed E-state index contributed by atoms with van der Waals surface area (Å²) in [6, 6.07) is 4.54. The van der Waals surface area contributed by atoms with Crippen molar-refractivity contribution in [3.05, 3.63) is 23.1 Å². The molecule has 2 N–H and O–H groups in total. The summed E-state index contributed by atoms with van der Waals surface area (Å²) in [4.78, 5) is 30.6. The Hall–Kier alpha value is -2.35. The number of carbonyl (C=O) groups excluding carboxylic acids is 1. The van der Waals surface area contributed by atoms with Crippen LogP contribution in [-0.4, -0.2) is 56.3 Å². The molecule has 0 saturated carbocycles. The molecule has 2 rings (SSSR count). The number of nitrogens with zero attached hydrogens (tertiary/aromatic N) is 2. The van der Waals surface area contributed by atoms with Crippen molar-refractivity contribution in [1.29, 1.82) is 0 Å². The number of anilines is 1. The highest BCUT2D eigenvalue weighted by atomic mass is 16.8. The molecule has 8 nitrogen and oxygen atoms in total. The molecule has 114 valence electrons. The Labute approximate surface area is 122 Å². The molecule has 0 bridgehead atoms. The molecule has 1 aliphatic heterocycles. The van der Waals surface area contributed by atoms with Crippen LogP contribution < -0.4 is 15.4 Å². The quantitative estimate of drug-likeness (QED) is 0.813. The van der Waals surface area contributed by atoms with Gasteiger partial charge in [0.15, 0.2) is 7.11 Å². The number of urea groups is 1. The third-order valence-electron chi connectivity index (χ3n) is 3.21. The number of ether oxygens (including phenoxy) is 1. The molecule has 2 amide bonds. The number of methoxy groups -OCH3 is 1. The normalized spacial score (nSPS) is 14.5. The molecule has 0 aliphatic carbocycles. The lowest BCUT2D eigenvalue weighted by atomic mass is 10.2. The van der Waals surface area contributed by atoms with Crippen LogP contribution in [0.3, 0.4) is 0 Å². The lowest BCUT2D eigenvalue weighted by Gasteiger charge is -2.27. The van der Waals surface area contributed by atoms with E-state index in [-0.39, 0.29) is 11.7 Å². The maximum absolute atomic E-state index is 12.2. The van der Waals surface area contributed by atoms with Crippen LogP contribution >= 0.6 is 0 Å². The van der Waals surface area contributed by atoms with Crippen molar-refractivity contribution in [2.75, 3.05) is 45.7 Å². The van der Waals surface area contributed by atoms with E-state index in [0.29, 0.717) is 29.4 Å². The smallest absolute Gasteiger partial charge is 0.343 e. The Morgan fingerprint density at radius 3 is 2.67 bits per heavy atom. The molecule has 1 fully saturated rings. The number of piperazine rings is 1. The predicted octanol–water partition coefficient (Wildman–Crippen LogP) is 1.10. The molecule has 0 aromatic heterocycles. The second kappa shape index (κ2) is 6.89. The largest absolute Gasteiger partial charge is 0.496 e. The molecular weight excluding hydrogens is 276 g/mol. The van der Waals surface area contributed by atoms with Gasteiger partial charge < -0.3 is 20.3 Å². The summed E-state index contributed by atoms with van der Waals surface area (Å²) in [6.45, 7) is 2.77. The number of hydrogen-bond donors (Lipinski definition) is 2. The van der Waals surface area contributed by atoms with Gasteiger partial charge in [-0.2, -0.15) is 0 Å². The van der Waals surface area contributed by atoms with Gasteiger partial charge in [0.25, 0.3) is 4.92 Å². The van der Waals surface area contributed by atoms with Gasteiger partial charge in [0, 0.05) is 26.2 Å². The van der Waals surface area contributed by atoms with Crippen LogP contribution in [0.2, 0.25) is 0 Å². The van der Waals surface area contributed by atoms with E-state index in [1.54, 1.807) is 17.0 Å². The zero-order valence-electron chi connectivity index (χ0n) is 12.1. The molecule has 0 radical (unpaired) electrons. The van der Waals surface area contributed by atoms with E-state index in [0.717, 1.165) is 13.1 Å². The summed E-state index contributed by atoms with van der Waals surface area (Å²) in [7, 11) is 2.76. The molecule has 8 heteroatoms. The molecule has 0 atom stereocenters. The highest BCUT2D eigenvalue weighted by Crippen LogP contribution is 2.29. The van der Waals surface area contributed by atoms with Crippen LogP contribution in [0.1, 0.15) is 0 Å². The first-order valence-electron chi connectivity index (χ1n) is 6.61. The molecule has 1 aromatic rings. The van der Waals surface area contributed by atoms with E-state index in [4.69, 9.17) is 4.74 Å². The fourth-order valence-electron chi connectivity index (χ4n) is 2.06. The Kier molecular flexibility index (Phi) is 4.94. The minimum Gasteiger partial charge on any atom is -0.496 e. The van der Waals surface area contributed by atoms with Crippen LogP contribution in [0, 0.1) is 4.91 Å². The van der Waals surface area contributed by atoms with Crippen molar-refractivity contribution in [3.8, 4) is 5.75 Å². The van der Waals surface area contributed by atoms with Gasteiger partial charge in [-0.3, -0.25) is 0 Å². The summed E-state index contributed by atoms with van der Waals surface area (Å²) in [6.07, 6.45) is 0. The highest BCUT2D eigenvalue weighted by molar-refractivity contribution is 5.92. The summed E-state index contributed by atoms with van der Waals surface area (Å²) in [5, 5.41) is 5.90. The van der Waals surface area contributed by atoms with E-state index >= 15 is 0 Å². The third kappa shape index (κ3) is 3.60. The van der Waals surface area contributed by atoms with Gasteiger partial charge >= 0.3 is 11.7 Å². The second-order valence-corrected chi connectivity index (χ2v) is 4.49. The monoisotopic (exact) mass is 295 g/mol. The van der Waals surface area contributed by atoms with Crippen LogP contribution in [0.25, 0.3) is 0 Å². The van der Waals surface area contributed by atoms with Crippen LogP contribution in [0.15, 0.2) is 18.2 Å². The van der Waals surface area contributed by atoms with Crippen LogP contribution in [0.5, 0.6) is 5.75 Å². The maximum Gasteiger partial charge on any atom is 0.343 e. The first-order chi connectivity index (χ1) is 10.2. The van der Waals surface area contributed by atoms with Crippen molar-refractivity contribution >= 4 is 17.4 Å². The van der Waals surface area contributed by atoms with E-state index in [1.165, 1.54) is 20.3 Å². The van der Waals surface area contributed by atoms with E-state index < -0.39 is 0 Å². The number of nitrogens with one attached hydrogen (secondary N) is 2. The standard InChI is InChI=1S/C13H18N4O4/c1-20-10-3-4-11(12(9-10)17(19)21-2)15-13(18)16-7-5-14-6-8-16/h3-4,9,14H,5-8H2,1-2H3/p+1. The van der Waals surface area contributed by atoms with E-state index in [9.17, 15) is 9.70 Å². The highest BCUT2D eigenvalue weighted by Gasteiger charge is 2.25. The van der Waals surface area contributed by atoms with E-state index in [2.05, 4.69) is 15.5 Å². The number of benzene rings is 1. The fourth-order valence-corrected chi connectivity index (χ4v) is 2.06. The fraction of sp³-hybridized carbons (Fsp3) is 0.462. The lowest BCUT2D eigenvalue weighted by molar-refractivity contribution is -0.736. The topological polar surface area (TPSA) is 82.9 Å². The molecule has 1 heterocycles. The summed E-state index contributed by atoms with van der Waals surface area (Å²) < 4.78 is 5.07. The first kappa shape index (κ1) is 15.0. The van der Waals surface area contributed by atoms with Gasteiger partial charge in [-0.25, -0.2) is 9.63 Å². The van der Waals surface area contributed by atoms with Gasteiger partial charge in [0.05, 0.1) is 18.1 Å². The van der Waals surface area contributed by atoms with E-state index in [1.807, 2.05) is 0 Å². The maximum atomic E-state index is 12.2. The molecule has 1 aromatic carbocycles. The number of carbonyl (C=O) groups is 1. The Balaban J connectivity index is 2.18. The minimum atomic E-state index is -0.243. The minimum absolute atomic E-state index is 0.181. The van der Waals surface area contributed by atoms with Crippen molar-refractivity contribution in [2.45, 2.75) is 0 Å². The predicted molar refractivity (Wildman–Crippen MR) is 76.8 cm³/mol. The first-order valence-corrected chi connectivity index (χ1v) is 6.61. The van der Waals surface area contributed by atoms with Gasteiger partial charge in [0.2, 0.25) is 0 Å². The SMILES string of the molecule is COc1ccc(NC(=O)N2CCNCC2)c([N+](=O)OC)c1. The zero-order chi connectivity index (χ0) is 15.2. The Bertz CT molecular complexity index is 529. The summed E-state index contributed by atoms with van der Waals surface area (Å²) in [5.74, 6) is 0.503. The van der Waals surface area contributed by atoms with Gasteiger partial charge in [0.1, 0.15) is 11.4 Å². The van der Waals surface area contributed by atoms with Gasteiger partial charge in [-0.05, 0) is 12.1 Å². The van der Waals surface area contributed by atoms with Crippen LogP contribution in [-0.2, 0) is 4.84 Å². The van der Waals surface area contributed by atoms with Crippen molar-refractivity contribution in [2.24, 2.45) is 0 Å². The lowest BCUT2D eigenvalue weighted by Crippen LogP contribution is -2.48. The third-order valence-corrected chi connectivity index (χ3v) is 3.21. The molecule has 0 unspecified atom stereocenters. The summed E-state index contributed by atoms with van der Waals surface area (Å²) in [5.41, 5.74) is 0.552. The van der Waals surface area contributed by atoms with Crippen molar-refractivity contribution in [1.82, 2.24) is 10.2 Å². The molecule has 1 saturated heterocycles. The molecule has 0 spiro atoms. The molecule has 1 aliphatic rings. The van der Waals surface area contributed by atoms with Gasteiger partial charge in [-0.1, -0.05) is 0 Å². The average molecular weight is 295 g/mol. The summed E-state index contributed by atoms with van der Waals surface area (Å²) >= 11 is 0. The molecule has 21 heavy (non-hydrogen) atoms. The molecular formula is C13H19N4O4+. The number of rotatable bonds is 4. The second-order valence-electron chi connectivity index (χ2n) is 4.49. The van der Waals surface area contributed by atoms with Crippen molar-refractivity contribution < 1.29 is 19.3 Å². The average Bonchev–Trinajstić information content (AvgIpc) is 2.55. The van der Waals surface area contributed by atoms with Crippen LogP contribution in [0.4, 0.5) is 16.2 Å². The van der Waals surface area contributed by atoms with Gasteiger partial charge in [-0.15, -0.1) is 0 Å². The number of hydrogen-bond acceptors (Lipinski definition) is 5. The number of amides is 2. The zero-order valence-corrected chi connectivity index (χ0v) is 12.1. The Morgan fingerprint density at radius 2 is 2.05 bits per heavy atom.